The van der Waals surface area contributed by atoms with Crippen molar-refractivity contribution in [2.75, 3.05) is 49.6 Å². The average molecular weight is 492 g/mol. The summed E-state index contributed by atoms with van der Waals surface area (Å²) in [5.74, 6) is 0.140. The molecule has 3 aromatic rings. The number of carbonyl (C=O) groups is 1. The van der Waals surface area contributed by atoms with Gasteiger partial charge in [0.1, 0.15) is 11.6 Å². The zero-order valence-electron chi connectivity index (χ0n) is 20.2. The lowest BCUT2D eigenvalue weighted by atomic mass is 9.95. The Morgan fingerprint density at radius 3 is 2.72 bits per heavy atom. The second kappa shape index (κ2) is 9.06. The molecular formula is C27H30FN5O3. The molecule has 2 N–H and O–H groups in total. The first-order valence-electron chi connectivity index (χ1n) is 12.5. The van der Waals surface area contributed by atoms with Gasteiger partial charge in [0, 0.05) is 61.5 Å². The highest BCUT2D eigenvalue weighted by molar-refractivity contribution is 5.96. The van der Waals surface area contributed by atoms with Gasteiger partial charge >= 0.3 is 0 Å². The van der Waals surface area contributed by atoms with E-state index in [9.17, 15) is 9.90 Å². The molecule has 1 aliphatic carbocycles. The highest BCUT2D eigenvalue weighted by Crippen LogP contribution is 2.47. The molecule has 3 fully saturated rings. The number of aliphatic hydroxyl groups excluding tert-OH is 1. The molecule has 1 aromatic carbocycles. The van der Waals surface area contributed by atoms with Crippen LogP contribution in [0.1, 0.15) is 25.0 Å². The summed E-state index contributed by atoms with van der Waals surface area (Å²) in [5.41, 5.74) is 1.08. The molecule has 4 unspecified atom stereocenters. The van der Waals surface area contributed by atoms with Gasteiger partial charge in [0.25, 0.3) is 0 Å². The quantitative estimate of drug-likeness (QED) is 0.567. The molecule has 0 spiro atoms. The van der Waals surface area contributed by atoms with Gasteiger partial charge < -0.3 is 20.1 Å². The number of halogens is 1. The number of aromatic nitrogens is 2. The zero-order chi connectivity index (χ0) is 24.9. The maximum absolute atomic E-state index is 15.0. The summed E-state index contributed by atoms with van der Waals surface area (Å²) in [6.45, 7) is 5.61. The summed E-state index contributed by atoms with van der Waals surface area (Å²) in [4.78, 5) is 25.8. The lowest BCUT2D eigenvalue weighted by molar-refractivity contribution is -0.117. The van der Waals surface area contributed by atoms with Gasteiger partial charge in [-0.3, -0.25) is 14.7 Å². The molecule has 4 heterocycles. The SMILES string of the molecule is CC1(N2CCN(c3cc4cc(NC(=O)C5CC5c5ccccn5)ncc4cc3F)CC2)COCC1O. The third-order valence-electron chi connectivity index (χ3n) is 7.96. The molecule has 1 amide bonds. The number of nitrogens with zero attached hydrogens (tertiary/aromatic N) is 4. The fourth-order valence-corrected chi connectivity index (χ4v) is 5.50. The Morgan fingerprint density at radius 1 is 1.17 bits per heavy atom. The number of amides is 1. The molecule has 1 saturated carbocycles. The summed E-state index contributed by atoms with van der Waals surface area (Å²) in [6, 6.07) is 10.9. The van der Waals surface area contributed by atoms with E-state index in [2.05, 4.69) is 20.2 Å². The Morgan fingerprint density at radius 2 is 2.00 bits per heavy atom. The lowest BCUT2D eigenvalue weighted by Gasteiger charge is -2.45. The van der Waals surface area contributed by atoms with E-state index < -0.39 is 11.6 Å². The molecule has 2 aliphatic heterocycles. The summed E-state index contributed by atoms with van der Waals surface area (Å²) in [6.07, 6.45) is 3.61. The topological polar surface area (TPSA) is 90.8 Å². The molecule has 36 heavy (non-hydrogen) atoms. The first kappa shape index (κ1) is 23.3. The minimum absolute atomic E-state index is 0.0671. The zero-order valence-corrected chi connectivity index (χ0v) is 20.2. The Bertz CT molecular complexity index is 1280. The Labute approximate surface area is 209 Å². The van der Waals surface area contributed by atoms with Crippen molar-refractivity contribution < 1.29 is 19.0 Å². The Balaban J connectivity index is 1.15. The maximum Gasteiger partial charge on any atom is 0.229 e. The number of fused-ring (bicyclic) bond motifs is 1. The van der Waals surface area contributed by atoms with Crippen LogP contribution in [0.25, 0.3) is 10.8 Å². The second-order valence-electron chi connectivity index (χ2n) is 10.3. The normalized spacial score (nSPS) is 28.4. The van der Waals surface area contributed by atoms with E-state index >= 15 is 4.39 Å². The van der Waals surface area contributed by atoms with Crippen molar-refractivity contribution >= 4 is 28.2 Å². The van der Waals surface area contributed by atoms with Crippen molar-refractivity contribution in [3.05, 3.63) is 60.3 Å². The number of benzene rings is 1. The Hall–Kier alpha value is -3.14. The number of hydrogen-bond acceptors (Lipinski definition) is 7. The van der Waals surface area contributed by atoms with E-state index in [-0.39, 0.29) is 23.6 Å². The third-order valence-corrected chi connectivity index (χ3v) is 7.96. The van der Waals surface area contributed by atoms with Crippen molar-refractivity contribution in [3.63, 3.8) is 0 Å². The van der Waals surface area contributed by atoms with Gasteiger partial charge in [-0.25, -0.2) is 9.37 Å². The summed E-state index contributed by atoms with van der Waals surface area (Å²) < 4.78 is 20.5. The van der Waals surface area contributed by atoms with Crippen LogP contribution in [-0.4, -0.2) is 76.9 Å². The molecular weight excluding hydrogens is 461 g/mol. The van der Waals surface area contributed by atoms with Crippen LogP contribution in [0.5, 0.6) is 0 Å². The van der Waals surface area contributed by atoms with Crippen LogP contribution >= 0.6 is 0 Å². The highest BCUT2D eigenvalue weighted by atomic mass is 19.1. The smallest absolute Gasteiger partial charge is 0.229 e. The van der Waals surface area contributed by atoms with Gasteiger partial charge in [-0.2, -0.15) is 0 Å². The van der Waals surface area contributed by atoms with Crippen molar-refractivity contribution in [1.29, 1.82) is 0 Å². The number of piperazine rings is 1. The van der Waals surface area contributed by atoms with E-state index in [0.717, 1.165) is 17.5 Å². The molecule has 2 aromatic heterocycles. The molecule has 0 bridgehead atoms. The van der Waals surface area contributed by atoms with Gasteiger partial charge in [0.05, 0.1) is 30.5 Å². The second-order valence-corrected chi connectivity index (χ2v) is 10.3. The minimum atomic E-state index is -0.516. The van der Waals surface area contributed by atoms with E-state index in [4.69, 9.17) is 4.74 Å². The molecule has 188 valence electrons. The average Bonchev–Trinajstić information content (AvgIpc) is 3.63. The van der Waals surface area contributed by atoms with Crippen LogP contribution in [0.4, 0.5) is 15.9 Å². The molecule has 8 nitrogen and oxygen atoms in total. The number of anilines is 2. The van der Waals surface area contributed by atoms with Crippen molar-refractivity contribution in [1.82, 2.24) is 14.9 Å². The number of aliphatic hydroxyl groups is 1. The van der Waals surface area contributed by atoms with E-state index in [1.807, 2.05) is 36.1 Å². The first-order chi connectivity index (χ1) is 17.4. The van der Waals surface area contributed by atoms with Gasteiger partial charge in [-0.15, -0.1) is 0 Å². The van der Waals surface area contributed by atoms with E-state index in [1.54, 1.807) is 18.5 Å². The van der Waals surface area contributed by atoms with Gasteiger partial charge in [0.2, 0.25) is 5.91 Å². The standard InChI is InChI=1S/C27H30FN5O3/c1-27(16-36-15-24(27)34)33-8-6-32(7-9-33)23-11-17-12-25(30-14-18(17)10-21(23)28)31-26(35)20-13-19(20)22-4-2-3-5-29-22/h2-5,10-12,14,19-20,24,34H,6-9,13,15-16H2,1H3,(H,30,31,35). The van der Waals surface area contributed by atoms with E-state index in [0.29, 0.717) is 56.3 Å². The number of ether oxygens (including phenoxy) is 1. The van der Waals surface area contributed by atoms with Crippen LogP contribution in [0, 0.1) is 11.7 Å². The number of nitrogens with one attached hydrogen (secondary N) is 1. The fraction of sp³-hybridized carbons (Fsp3) is 0.444. The van der Waals surface area contributed by atoms with Crippen molar-refractivity contribution in [2.45, 2.75) is 30.9 Å². The van der Waals surface area contributed by atoms with Crippen LogP contribution in [0.2, 0.25) is 0 Å². The largest absolute Gasteiger partial charge is 0.389 e. The molecule has 4 atom stereocenters. The number of carbonyl (C=O) groups excluding carboxylic acids is 1. The minimum Gasteiger partial charge on any atom is -0.389 e. The number of hydrogen-bond donors (Lipinski definition) is 2. The van der Waals surface area contributed by atoms with Crippen LogP contribution in [0.3, 0.4) is 0 Å². The number of pyridine rings is 2. The predicted octanol–water partition coefficient (Wildman–Crippen LogP) is 2.78. The van der Waals surface area contributed by atoms with Crippen LogP contribution in [-0.2, 0) is 9.53 Å². The van der Waals surface area contributed by atoms with Gasteiger partial charge in [0.15, 0.2) is 0 Å². The van der Waals surface area contributed by atoms with Gasteiger partial charge in [-0.05, 0) is 49.1 Å². The molecule has 0 radical (unpaired) electrons. The monoisotopic (exact) mass is 491 g/mol. The molecule has 2 saturated heterocycles. The van der Waals surface area contributed by atoms with Crippen LogP contribution < -0.4 is 10.2 Å². The van der Waals surface area contributed by atoms with Gasteiger partial charge in [-0.1, -0.05) is 6.07 Å². The molecule has 6 rings (SSSR count). The highest BCUT2D eigenvalue weighted by Gasteiger charge is 2.45. The van der Waals surface area contributed by atoms with Crippen LogP contribution in [0.15, 0.2) is 48.8 Å². The molecule has 3 aliphatic rings. The lowest BCUT2D eigenvalue weighted by Crippen LogP contribution is -2.60. The summed E-state index contributed by atoms with van der Waals surface area (Å²) in [5, 5.41) is 14.8. The first-order valence-corrected chi connectivity index (χ1v) is 12.5. The third kappa shape index (κ3) is 4.21. The van der Waals surface area contributed by atoms with Crippen molar-refractivity contribution in [2.24, 2.45) is 5.92 Å². The fourth-order valence-electron chi connectivity index (χ4n) is 5.50. The summed E-state index contributed by atoms with van der Waals surface area (Å²) >= 11 is 0. The molecule has 9 heteroatoms. The Kier molecular flexibility index (Phi) is 5.86. The summed E-state index contributed by atoms with van der Waals surface area (Å²) in [7, 11) is 0. The number of rotatable bonds is 5. The maximum atomic E-state index is 15.0. The van der Waals surface area contributed by atoms with E-state index in [1.165, 1.54) is 6.07 Å². The van der Waals surface area contributed by atoms with Crippen molar-refractivity contribution in [3.8, 4) is 0 Å². The predicted molar refractivity (Wildman–Crippen MR) is 134 cm³/mol.